The Morgan fingerprint density at radius 1 is 1.20 bits per heavy atom. The molecular weight excluding hydrogens is 132 g/mol. The van der Waals surface area contributed by atoms with Gasteiger partial charge in [0, 0.05) is 20.6 Å². The number of methoxy groups -OCH3 is 2. The van der Waals surface area contributed by atoms with Crippen molar-refractivity contribution in [3.63, 3.8) is 0 Å². The molecule has 1 rings (SSSR count). The van der Waals surface area contributed by atoms with E-state index in [1.54, 1.807) is 14.2 Å². The fourth-order valence-electron chi connectivity index (χ4n) is 1.08. The fourth-order valence-corrected chi connectivity index (χ4v) is 1.08. The maximum Gasteiger partial charge on any atom is 0.157 e. The van der Waals surface area contributed by atoms with Crippen molar-refractivity contribution in [1.82, 2.24) is 0 Å². The highest BCUT2D eigenvalue weighted by molar-refractivity contribution is 4.63. The number of hydrogen-bond donors (Lipinski definition) is 0. The number of hydrogen-bond acceptors (Lipinski definition) is 3. The summed E-state index contributed by atoms with van der Waals surface area (Å²) in [7, 11) is 3.37. The van der Waals surface area contributed by atoms with Gasteiger partial charge in [-0.15, -0.1) is 0 Å². The van der Waals surface area contributed by atoms with Crippen LogP contribution >= 0.6 is 0 Å². The van der Waals surface area contributed by atoms with Crippen molar-refractivity contribution >= 4 is 0 Å². The smallest absolute Gasteiger partial charge is 0.157 e. The van der Waals surface area contributed by atoms with E-state index in [4.69, 9.17) is 14.2 Å². The maximum atomic E-state index is 5.28. The van der Waals surface area contributed by atoms with E-state index in [0.717, 1.165) is 12.8 Å². The fraction of sp³-hybridized carbons (Fsp3) is 1.00. The first-order valence-electron chi connectivity index (χ1n) is 3.54. The van der Waals surface area contributed by atoms with Crippen molar-refractivity contribution < 1.29 is 14.2 Å². The van der Waals surface area contributed by atoms with Gasteiger partial charge in [0.1, 0.15) is 0 Å². The molecule has 10 heavy (non-hydrogen) atoms. The van der Waals surface area contributed by atoms with E-state index in [1.165, 1.54) is 0 Å². The predicted octanol–water partition coefficient (Wildman–Crippen LogP) is 0.784. The molecule has 1 saturated heterocycles. The van der Waals surface area contributed by atoms with Crippen molar-refractivity contribution in [2.75, 3.05) is 20.8 Å². The van der Waals surface area contributed by atoms with Crippen LogP contribution in [0.3, 0.4) is 0 Å². The Balaban J connectivity index is 2.17. The molecule has 0 N–H and O–H groups in total. The Kier molecular flexibility index (Phi) is 3.12. The average Bonchev–Trinajstić information content (AvgIpc) is 2.05. The Labute approximate surface area is 61.3 Å². The first-order valence-corrected chi connectivity index (χ1v) is 3.54. The van der Waals surface area contributed by atoms with Crippen LogP contribution in [0.5, 0.6) is 0 Å². The van der Waals surface area contributed by atoms with Crippen LogP contribution in [-0.4, -0.2) is 33.2 Å². The molecular formula is C7H14O3. The number of rotatable bonds is 2. The third-order valence-electron chi connectivity index (χ3n) is 1.79. The van der Waals surface area contributed by atoms with E-state index in [9.17, 15) is 0 Å². The molecule has 1 aliphatic rings. The maximum absolute atomic E-state index is 5.28. The lowest BCUT2D eigenvalue weighted by molar-refractivity contribution is -0.177. The first kappa shape index (κ1) is 7.98. The van der Waals surface area contributed by atoms with Gasteiger partial charge in [-0.05, 0) is 6.42 Å². The molecule has 0 bridgehead atoms. The molecule has 0 aromatic carbocycles. The topological polar surface area (TPSA) is 27.7 Å². The minimum Gasteiger partial charge on any atom is -0.379 e. The molecule has 1 fully saturated rings. The molecule has 3 heteroatoms. The molecule has 60 valence electrons. The van der Waals surface area contributed by atoms with Crippen LogP contribution in [0.4, 0.5) is 0 Å². The summed E-state index contributed by atoms with van der Waals surface area (Å²) in [6.07, 6.45) is 2.24. The molecule has 2 atom stereocenters. The van der Waals surface area contributed by atoms with Gasteiger partial charge >= 0.3 is 0 Å². The van der Waals surface area contributed by atoms with Crippen molar-refractivity contribution in [2.45, 2.75) is 25.2 Å². The minimum absolute atomic E-state index is 0.00796. The molecule has 0 aromatic heterocycles. The molecule has 0 aliphatic carbocycles. The molecule has 0 saturated carbocycles. The van der Waals surface area contributed by atoms with Gasteiger partial charge in [-0.1, -0.05) is 0 Å². The number of ether oxygens (including phenoxy) is 3. The summed E-state index contributed by atoms with van der Waals surface area (Å²) in [6, 6.07) is 0. The van der Waals surface area contributed by atoms with Gasteiger partial charge in [-0.3, -0.25) is 0 Å². The monoisotopic (exact) mass is 146 g/mol. The van der Waals surface area contributed by atoms with Gasteiger partial charge in [-0.2, -0.15) is 0 Å². The summed E-state index contributed by atoms with van der Waals surface area (Å²) in [5, 5.41) is 0. The van der Waals surface area contributed by atoms with Crippen molar-refractivity contribution in [2.24, 2.45) is 0 Å². The van der Waals surface area contributed by atoms with E-state index in [-0.39, 0.29) is 12.4 Å². The standard InChI is InChI=1S/C7H14O3/c1-8-6-3-4-7(9-2)10-5-6/h6-7H,3-5H2,1-2H3/t6-,7+/m1/s1. The summed E-state index contributed by atoms with van der Waals surface area (Å²) >= 11 is 0. The Morgan fingerprint density at radius 3 is 2.40 bits per heavy atom. The molecule has 1 aliphatic heterocycles. The quantitative estimate of drug-likeness (QED) is 0.576. The van der Waals surface area contributed by atoms with Crippen molar-refractivity contribution in [3.05, 3.63) is 0 Å². The Bertz CT molecular complexity index is 74.9. The van der Waals surface area contributed by atoms with E-state index in [1.807, 2.05) is 0 Å². The molecule has 0 aromatic rings. The van der Waals surface area contributed by atoms with Gasteiger partial charge in [0.05, 0.1) is 12.7 Å². The summed E-state index contributed by atoms with van der Waals surface area (Å²) in [5.41, 5.74) is 0. The zero-order valence-electron chi connectivity index (χ0n) is 6.50. The lowest BCUT2D eigenvalue weighted by Gasteiger charge is -2.26. The van der Waals surface area contributed by atoms with Gasteiger partial charge in [0.15, 0.2) is 6.29 Å². The molecule has 3 nitrogen and oxygen atoms in total. The lowest BCUT2D eigenvalue weighted by Crippen LogP contribution is -2.31. The summed E-state index contributed by atoms with van der Waals surface area (Å²) < 4.78 is 15.4. The van der Waals surface area contributed by atoms with Gasteiger partial charge in [0.2, 0.25) is 0 Å². The second-order valence-corrected chi connectivity index (χ2v) is 2.43. The summed E-state index contributed by atoms with van der Waals surface area (Å²) in [6.45, 7) is 0.662. The van der Waals surface area contributed by atoms with Crippen LogP contribution in [0.25, 0.3) is 0 Å². The van der Waals surface area contributed by atoms with E-state index >= 15 is 0 Å². The molecule has 0 unspecified atom stereocenters. The van der Waals surface area contributed by atoms with Crippen LogP contribution < -0.4 is 0 Å². The Morgan fingerprint density at radius 2 is 2.00 bits per heavy atom. The van der Waals surface area contributed by atoms with Crippen LogP contribution in [0, 0.1) is 0 Å². The SMILES string of the molecule is CO[C@@H]1CC[C@@H](OC)OC1. The third-order valence-corrected chi connectivity index (χ3v) is 1.79. The zero-order valence-corrected chi connectivity index (χ0v) is 6.50. The van der Waals surface area contributed by atoms with Crippen LogP contribution in [0.1, 0.15) is 12.8 Å². The van der Waals surface area contributed by atoms with Gasteiger partial charge in [0.25, 0.3) is 0 Å². The summed E-state index contributed by atoms with van der Waals surface area (Å²) in [5.74, 6) is 0. The lowest BCUT2D eigenvalue weighted by atomic mass is 10.1. The predicted molar refractivity (Wildman–Crippen MR) is 36.8 cm³/mol. The molecule has 1 heterocycles. The van der Waals surface area contributed by atoms with Crippen LogP contribution in [0.2, 0.25) is 0 Å². The minimum atomic E-state index is -0.00796. The second-order valence-electron chi connectivity index (χ2n) is 2.43. The van der Waals surface area contributed by atoms with Crippen molar-refractivity contribution in [1.29, 1.82) is 0 Å². The van der Waals surface area contributed by atoms with E-state index in [0.29, 0.717) is 6.61 Å². The van der Waals surface area contributed by atoms with E-state index in [2.05, 4.69) is 0 Å². The highest BCUT2D eigenvalue weighted by atomic mass is 16.7. The molecule has 0 spiro atoms. The normalized spacial score (nSPS) is 34.2. The second kappa shape index (κ2) is 3.91. The highest BCUT2D eigenvalue weighted by Crippen LogP contribution is 2.15. The average molecular weight is 146 g/mol. The van der Waals surface area contributed by atoms with Gasteiger partial charge in [-0.25, -0.2) is 0 Å². The highest BCUT2D eigenvalue weighted by Gasteiger charge is 2.20. The van der Waals surface area contributed by atoms with Gasteiger partial charge < -0.3 is 14.2 Å². The van der Waals surface area contributed by atoms with Crippen molar-refractivity contribution in [3.8, 4) is 0 Å². The third kappa shape index (κ3) is 1.94. The van der Waals surface area contributed by atoms with Crippen LogP contribution in [-0.2, 0) is 14.2 Å². The van der Waals surface area contributed by atoms with Crippen LogP contribution in [0.15, 0.2) is 0 Å². The molecule has 0 amide bonds. The Hall–Kier alpha value is -0.120. The zero-order chi connectivity index (χ0) is 7.40. The van der Waals surface area contributed by atoms with E-state index < -0.39 is 0 Å². The largest absolute Gasteiger partial charge is 0.379 e. The summed E-state index contributed by atoms with van der Waals surface area (Å²) in [4.78, 5) is 0. The molecule has 0 radical (unpaired) electrons. The first-order chi connectivity index (χ1) is 4.86.